The smallest absolute Gasteiger partial charge is 0.311 e. The molecule has 0 aliphatic rings. The summed E-state index contributed by atoms with van der Waals surface area (Å²) in [4.78, 5) is 14.5. The fourth-order valence-electron chi connectivity index (χ4n) is 1.54. The van der Waals surface area contributed by atoms with Crippen LogP contribution in [0.5, 0.6) is 0 Å². The molecule has 1 heterocycles. The molecule has 0 amide bonds. The minimum atomic E-state index is -0.965. The highest BCUT2D eigenvalue weighted by Crippen LogP contribution is 2.12. The summed E-state index contributed by atoms with van der Waals surface area (Å²) in [6.45, 7) is 2.00. The van der Waals surface area contributed by atoms with Gasteiger partial charge in [0.25, 0.3) is 0 Å². The van der Waals surface area contributed by atoms with Gasteiger partial charge in [0, 0.05) is 0 Å². The maximum absolute atomic E-state index is 10.5. The van der Waals surface area contributed by atoms with Crippen molar-refractivity contribution in [1.82, 2.24) is 10.1 Å². The number of hydrogen-bond acceptors (Lipinski definition) is 4. The summed E-state index contributed by atoms with van der Waals surface area (Å²) in [5.74, 6) is -0.315. The van der Waals surface area contributed by atoms with Gasteiger partial charge in [0.2, 0.25) is 5.89 Å². The standard InChI is InChI=1S/C12H12N2O3/c1-8-4-2-3-5-9(8)6-11-13-10(14-17-11)7-12(15)16/h2-5H,6-7H2,1H3,(H,15,16). The van der Waals surface area contributed by atoms with Crippen molar-refractivity contribution < 1.29 is 14.4 Å². The molecule has 0 aliphatic heterocycles. The maximum atomic E-state index is 10.5. The topological polar surface area (TPSA) is 76.2 Å². The summed E-state index contributed by atoms with van der Waals surface area (Å²) in [5.41, 5.74) is 2.24. The summed E-state index contributed by atoms with van der Waals surface area (Å²) in [5, 5.41) is 12.2. The summed E-state index contributed by atoms with van der Waals surface area (Å²) in [6.07, 6.45) is 0.316. The van der Waals surface area contributed by atoms with E-state index in [-0.39, 0.29) is 12.2 Å². The first kappa shape index (κ1) is 11.3. The molecule has 0 fully saturated rings. The number of carbonyl (C=O) groups is 1. The van der Waals surface area contributed by atoms with Crippen LogP contribution >= 0.6 is 0 Å². The lowest BCUT2D eigenvalue weighted by atomic mass is 10.1. The minimum absolute atomic E-state index is 0.209. The summed E-state index contributed by atoms with van der Waals surface area (Å²) >= 11 is 0. The molecule has 5 nitrogen and oxygen atoms in total. The zero-order valence-electron chi connectivity index (χ0n) is 9.38. The number of nitrogens with zero attached hydrogens (tertiary/aromatic N) is 2. The Morgan fingerprint density at radius 3 is 2.88 bits per heavy atom. The second kappa shape index (κ2) is 4.78. The first-order valence-corrected chi connectivity index (χ1v) is 5.23. The van der Waals surface area contributed by atoms with Gasteiger partial charge in [-0.15, -0.1) is 0 Å². The van der Waals surface area contributed by atoms with Crippen molar-refractivity contribution in [2.45, 2.75) is 19.8 Å². The highest BCUT2D eigenvalue weighted by atomic mass is 16.5. The summed E-state index contributed by atoms with van der Waals surface area (Å²) < 4.78 is 5.00. The van der Waals surface area contributed by atoms with Crippen LogP contribution in [0, 0.1) is 6.92 Å². The molecule has 0 saturated heterocycles. The number of benzene rings is 1. The number of carboxylic acid groups (broad SMARTS) is 1. The van der Waals surface area contributed by atoms with Gasteiger partial charge in [-0.2, -0.15) is 4.98 Å². The highest BCUT2D eigenvalue weighted by molar-refractivity contribution is 5.68. The highest BCUT2D eigenvalue weighted by Gasteiger charge is 2.10. The zero-order chi connectivity index (χ0) is 12.3. The average molecular weight is 232 g/mol. The molecule has 5 heteroatoms. The van der Waals surface area contributed by atoms with E-state index in [2.05, 4.69) is 10.1 Å². The van der Waals surface area contributed by atoms with Gasteiger partial charge >= 0.3 is 5.97 Å². The van der Waals surface area contributed by atoms with E-state index in [0.29, 0.717) is 12.3 Å². The van der Waals surface area contributed by atoms with Gasteiger partial charge < -0.3 is 9.63 Å². The quantitative estimate of drug-likeness (QED) is 0.866. The second-order valence-corrected chi connectivity index (χ2v) is 3.78. The first-order valence-electron chi connectivity index (χ1n) is 5.23. The van der Waals surface area contributed by atoms with Crippen LogP contribution in [-0.2, 0) is 17.6 Å². The molecule has 0 saturated carbocycles. The first-order chi connectivity index (χ1) is 8.15. The molecule has 17 heavy (non-hydrogen) atoms. The van der Waals surface area contributed by atoms with E-state index in [1.165, 1.54) is 0 Å². The lowest BCUT2D eigenvalue weighted by molar-refractivity contribution is -0.136. The van der Waals surface area contributed by atoms with Crippen LogP contribution in [0.3, 0.4) is 0 Å². The van der Waals surface area contributed by atoms with Gasteiger partial charge in [-0.1, -0.05) is 29.4 Å². The molecule has 2 rings (SSSR count). The maximum Gasteiger partial charge on any atom is 0.311 e. The summed E-state index contributed by atoms with van der Waals surface area (Å²) in [6, 6.07) is 7.89. The third-order valence-electron chi connectivity index (χ3n) is 2.42. The van der Waals surface area contributed by atoms with Crippen LogP contribution in [0.4, 0.5) is 0 Å². The van der Waals surface area contributed by atoms with E-state index in [1.54, 1.807) is 0 Å². The van der Waals surface area contributed by atoms with Gasteiger partial charge in [0.1, 0.15) is 6.42 Å². The number of aryl methyl sites for hydroxylation is 1. The Bertz CT molecular complexity index is 534. The van der Waals surface area contributed by atoms with E-state index >= 15 is 0 Å². The van der Waals surface area contributed by atoms with Crippen LogP contribution in [0.1, 0.15) is 22.8 Å². The predicted molar refractivity (Wildman–Crippen MR) is 59.6 cm³/mol. The molecule has 0 radical (unpaired) electrons. The third kappa shape index (κ3) is 2.90. The van der Waals surface area contributed by atoms with Crippen LogP contribution in [-0.4, -0.2) is 21.2 Å². The van der Waals surface area contributed by atoms with Crippen LogP contribution in [0.15, 0.2) is 28.8 Å². The Morgan fingerprint density at radius 1 is 1.41 bits per heavy atom. The molecular weight excluding hydrogens is 220 g/mol. The molecule has 1 aromatic heterocycles. The Kier molecular flexibility index (Phi) is 3.18. The van der Waals surface area contributed by atoms with Gasteiger partial charge in [-0.25, -0.2) is 0 Å². The minimum Gasteiger partial charge on any atom is -0.481 e. The lowest BCUT2D eigenvalue weighted by Gasteiger charge is -2.00. The van der Waals surface area contributed by atoms with E-state index in [1.807, 2.05) is 31.2 Å². The molecule has 88 valence electrons. The van der Waals surface area contributed by atoms with Gasteiger partial charge in [0.15, 0.2) is 5.82 Å². The molecular formula is C12H12N2O3. The molecule has 1 aromatic carbocycles. The Balaban J connectivity index is 2.12. The SMILES string of the molecule is Cc1ccccc1Cc1nc(CC(=O)O)no1. The van der Waals surface area contributed by atoms with Crippen molar-refractivity contribution in [2.24, 2.45) is 0 Å². The number of rotatable bonds is 4. The van der Waals surface area contributed by atoms with Crippen molar-refractivity contribution in [3.8, 4) is 0 Å². The summed E-state index contributed by atoms with van der Waals surface area (Å²) in [7, 11) is 0. The second-order valence-electron chi connectivity index (χ2n) is 3.78. The molecule has 0 unspecified atom stereocenters. The molecule has 1 N–H and O–H groups in total. The van der Waals surface area contributed by atoms with E-state index in [9.17, 15) is 4.79 Å². The van der Waals surface area contributed by atoms with E-state index in [4.69, 9.17) is 9.63 Å². The van der Waals surface area contributed by atoms with Crippen molar-refractivity contribution in [1.29, 1.82) is 0 Å². The third-order valence-corrected chi connectivity index (χ3v) is 2.42. The molecule has 0 spiro atoms. The Hall–Kier alpha value is -2.17. The number of aromatic nitrogens is 2. The van der Waals surface area contributed by atoms with E-state index in [0.717, 1.165) is 11.1 Å². The molecule has 0 bridgehead atoms. The molecule has 0 atom stereocenters. The van der Waals surface area contributed by atoms with Crippen molar-refractivity contribution in [3.05, 3.63) is 47.1 Å². The van der Waals surface area contributed by atoms with Gasteiger partial charge in [-0.3, -0.25) is 4.79 Å². The van der Waals surface area contributed by atoms with E-state index < -0.39 is 5.97 Å². The largest absolute Gasteiger partial charge is 0.481 e. The van der Waals surface area contributed by atoms with Crippen LogP contribution < -0.4 is 0 Å². The van der Waals surface area contributed by atoms with Crippen molar-refractivity contribution in [3.63, 3.8) is 0 Å². The number of carboxylic acids is 1. The Labute approximate surface area is 98.1 Å². The number of hydrogen-bond donors (Lipinski definition) is 1. The molecule has 2 aromatic rings. The predicted octanol–water partition coefficient (Wildman–Crippen LogP) is 1.60. The lowest BCUT2D eigenvalue weighted by Crippen LogP contribution is -2.01. The Morgan fingerprint density at radius 2 is 2.18 bits per heavy atom. The van der Waals surface area contributed by atoms with Gasteiger partial charge in [0.05, 0.1) is 6.42 Å². The van der Waals surface area contributed by atoms with Crippen LogP contribution in [0.2, 0.25) is 0 Å². The van der Waals surface area contributed by atoms with Gasteiger partial charge in [-0.05, 0) is 18.1 Å². The average Bonchev–Trinajstić information content (AvgIpc) is 2.68. The fourth-order valence-corrected chi connectivity index (χ4v) is 1.54. The number of aliphatic carboxylic acids is 1. The van der Waals surface area contributed by atoms with Crippen molar-refractivity contribution >= 4 is 5.97 Å². The monoisotopic (exact) mass is 232 g/mol. The fraction of sp³-hybridized carbons (Fsp3) is 0.250. The van der Waals surface area contributed by atoms with Crippen molar-refractivity contribution in [2.75, 3.05) is 0 Å². The molecule has 0 aliphatic carbocycles. The zero-order valence-corrected chi connectivity index (χ0v) is 9.38. The van der Waals surface area contributed by atoms with Crippen LogP contribution in [0.25, 0.3) is 0 Å². The normalized spacial score (nSPS) is 10.4.